The number of rotatable bonds is 2. The van der Waals surface area contributed by atoms with E-state index in [0.717, 1.165) is 25.7 Å². The zero-order valence-electron chi connectivity index (χ0n) is 12.4. The molecule has 3 nitrogen and oxygen atoms in total. The van der Waals surface area contributed by atoms with E-state index in [9.17, 15) is 0 Å². The minimum atomic E-state index is 0.480. The Kier molecular flexibility index (Phi) is 5.05. The summed E-state index contributed by atoms with van der Waals surface area (Å²) < 4.78 is 5.51. The molecule has 2 saturated heterocycles. The van der Waals surface area contributed by atoms with E-state index in [4.69, 9.17) is 4.74 Å². The molecule has 0 aromatic rings. The van der Waals surface area contributed by atoms with E-state index in [-0.39, 0.29) is 0 Å². The first kappa shape index (κ1) is 14.3. The Morgan fingerprint density at radius 1 is 1.28 bits per heavy atom. The molecule has 18 heavy (non-hydrogen) atoms. The standard InChI is InChI=1S/C15H30N2O/c1-13-10-16-14(2)4-7-17(11-13)12-15(3)5-8-18-9-6-15/h13-14,16H,4-12H2,1-3H3. The summed E-state index contributed by atoms with van der Waals surface area (Å²) in [6.45, 7) is 13.9. The Labute approximate surface area is 112 Å². The summed E-state index contributed by atoms with van der Waals surface area (Å²) in [5.74, 6) is 0.760. The van der Waals surface area contributed by atoms with Gasteiger partial charge in [0.25, 0.3) is 0 Å². The Bertz CT molecular complexity index is 251. The molecular weight excluding hydrogens is 224 g/mol. The fraction of sp³-hybridized carbons (Fsp3) is 1.00. The summed E-state index contributed by atoms with van der Waals surface area (Å²) in [4.78, 5) is 2.70. The molecule has 0 saturated carbocycles. The molecule has 2 unspecified atom stereocenters. The molecule has 0 spiro atoms. The van der Waals surface area contributed by atoms with Crippen LogP contribution in [0.15, 0.2) is 0 Å². The van der Waals surface area contributed by atoms with Crippen molar-refractivity contribution >= 4 is 0 Å². The van der Waals surface area contributed by atoms with Crippen molar-refractivity contribution in [1.29, 1.82) is 0 Å². The zero-order chi connectivity index (χ0) is 13.0. The van der Waals surface area contributed by atoms with E-state index >= 15 is 0 Å². The molecular formula is C15H30N2O. The predicted octanol–water partition coefficient (Wildman–Crippen LogP) is 2.12. The van der Waals surface area contributed by atoms with E-state index < -0.39 is 0 Å². The van der Waals surface area contributed by atoms with Crippen LogP contribution >= 0.6 is 0 Å². The van der Waals surface area contributed by atoms with Crippen LogP contribution < -0.4 is 5.32 Å². The van der Waals surface area contributed by atoms with Gasteiger partial charge in [0.05, 0.1) is 0 Å². The average molecular weight is 254 g/mol. The van der Waals surface area contributed by atoms with E-state index in [2.05, 4.69) is 31.0 Å². The molecule has 2 heterocycles. The van der Waals surface area contributed by atoms with Crippen LogP contribution in [0.3, 0.4) is 0 Å². The second-order valence-corrected chi connectivity index (χ2v) is 6.86. The SMILES string of the molecule is CC1CNC(C)CCN(CC2(C)CCOCC2)C1. The normalized spacial score (nSPS) is 34.8. The van der Waals surface area contributed by atoms with Crippen molar-refractivity contribution in [3.63, 3.8) is 0 Å². The highest BCUT2D eigenvalue weighted by Gasteiger charge is 2.30. The first-order valence-corrected chi connectivity index (χ1v) is 7.61. The fourth-order valence-corrected chi connectivity index (χ4v) is 3.18. The molecule has 0 aromatic carbocycles. The van der Waals surface area contributed by atoms with Crippen molar-refractivity contribution < 1.29 is 4.74 Å². The monoisotopic (exact) mass is 254 g/mol. The highest BCUT2D eigenvalue weighted by Crippen LogP contribution is 2.31. The van der Waals surface area contributed by atoms with Gasteiger partial charge in [-0.15, -0.1) is 0 Å². The van der Waals surface area contributed by atoms with Crippen molar-refractivity contribution in [3.05, 3.63) is 0 Å². The molecule has 106 valence electrons. The maximum atomic E-state index is 5.51. The minimum Gasteiger partial charge on any atom is -0.381 e. The number of nitrogens with zero attached hydrogens (tertiary/aromatic N) is 1. The lowest BCUT2D eigenvalue weighted by Crippen LogP contribution is -2.46. The van der Waals surface area contributed by atoms with Gasteiger partial charge >= 0.3 is 0 Å². The molecule has 0 aromatic heterocycles. The van der Waals surface area contributed by atoms with Crippen LogP contribution in [0.4, 0.5) is 0 Å². The van der Waals surface area contributed by atoms with Crippen molar-refractivity contribution in [3.8, 4) is 0 Å². The molecule has 2 fully saturated rings. The number of hydrogen-bond acceptors (Lipinski definition) is 3. The van der Waals surface area contributed by atoms with Crippen LogP contribution in [0, 0.1) is 11.3 Å². The highest BCUT2D eigenvalue weighted by atomic mass is 16.5. The first-order chi connectivity index (χ1) is 8.57. The van der Waals surface area contributed by atoms with Crippen LogP contribution in [-0.2, 0) is 4.74 Å². The van der Waals surface area contributed by atoms with E-state index in [0.29, 0.717) is 11.5 Å². The molecule has 0 aliphatic carbocycles. The van der Waals surface area contributed by atoms with Crippen molar-refractivity contribution in [1.82, 2.24) is 10.2 Å². The second kappa shape index (κ2) is 6.36. The van der Waals surface area contributed by atoms with E-state index in [1.165, 1.54) is 38.9 Å². The summed E-state index contributed by atoms with van der Waals surface area (Å²) in [5, 5.41) is 3.62. The fourth-order valence-electron chi connectivity index (χ4n) is 3.18. The third-order valence-electron chi connectivity index (χ3n) is 4.57. The number of ether oxygens (including phenoxy) is 1. The van der Waals surface area contributed by atoms with Crippen LogP contribution in [0.25, 0.3) is 0 Å². The van der Waals surface area contributed by atoms with Gasteiger partial charge in [0.2, 0.25) is 0 Å². The van der Waals surface area contributed by atoms with Gasteiger partial charge in [-0.05, 0) is 50.6 Å². The topological polar surface area (TPSA) is 24.5 Å². The smallest absolute Gasteiger partial charge is 0.0471 e. The van der Waals surface area contributed by atoms with Gasteiger partial charge in [-0.1, -0.05) is 13.8 Å². The molecule has 2 aliphatic heterocycles. The summed E-state index contributed by atoms with van der Waals surface area (Å²) in [6, 6.07) is 0.665. The summed E-state index contributed by atoms with van der Waals surface area (Å²) in [5.41, 5.74) is 0.480. The molecule has 3 heteroatoms. The second-order valence-electron chi connectivity index (χ2n) is 6.86. The summed E-state index contributed by atoms with van der Waals surface area (Å²) >= 11 is 0. The maximum Gasteiger partial charge on any atom is 0.0471 e. The predicted molar refractivity (Wildman–Crippen MR) is 75.8 cm³/mol. The highest BCUT2D eigenvalue weighted by molar-refractivity contribution is 4.83. The third kappa shape index (κ3) is 4.22. The van der Waals surface area contributed by atoms with Crippen LogP contribution in [-0.4, -0.2) is 50.3 Å². The van der Waals surface area contributed by atoms with Crippen molar-refractivity contribution in [2.24, 2.45) is 11.3 Å². The van der Waals surface area contributed by atoms with E-state index in [1.807, 2.05) is 0 Å². The van der Waals surface area contributed by atoms with Crippen molar-refractivity contribution in [2.45, 2.75) is 46.1 Å². The van der Waals surface area contributed by atoms with Gasteiger partial charge in [0.15, 0.2) is 0 Å². The zero-order valence-corrected chi connectivity index (χ0v) is 12.4. The molecule has 0 amide bonds. The van der Waals surface area contributed by atoms with Crippen LogP contribution in [0.2, 0.25) is 0 Å². The van der Waals surface area contributed by atoms with Gasteiger partial charge in [-0.2, -0.15) is 0 Å². The largest absolute Gasteiger partial charge is 0.381 e. The molecule has 2 aliphatic rings. The number of nitrogens with one attached hydrogen (secondary N) is 1. The molecule has 0 bridgehead atoms. The third-order valence-corrected chi connectivity index (χ3v) is 4.57. The summed E-state index contributed by atoms with van der Waals surface area (Å²) in [7, 11) is 0. The molecule has 2 rings (SSSR count). The first-order valence-electron chi connectivity index (χ1n) is 7.61. The van der Waals surface area contributed by atoms with Gasteiger partial charge in [-0.3, -0.25) is 0 Å². The summed E-state index contributed by atoms with van der Waals surface area (Å²) in [6.07, 6.45) is 3.73. The lowest BCUT2D eigenvalue weighted by Gasteiger charge is -2.40. The van der Waals surface area contributed by atoms with Gasteiger partial charge < -0.3 is 15.0 Å². The van der Waals surface area contributed by atoms with Crippen molar-refractivity contribution in [2.75, 3.05) is 39.4 Å². The van der Waals surface area contributed by atoms with Gasteiger partial charge in [-0.25, -0.2) is 0 Å². The number of hydrogen-bond donors (Lipinski definition) is 1. The Hall–Kier alpha value is -0.120. The molecule has 0 radical (unpaired) electrons. The molecule has 2 atom stereocenters. The Balaban J connectivity index is 1.89. The van der Waals surface area contributed by atoms with Gasteiger partial charge in [0, 0.05) is 32.3 Å². The van der Waals surface area contributed by atoms with Crippen LogP contribution in [0.5, 0.6) is 0 Å². The maximum absolute atomic E-state index is 5.51. The molecule has 1 N–H and O–H groups in total. The quantitative estimate of drug-likeness (QED) is 0.817. The van der Waals surface area contributed by atoms with Crippen LogP contribution in [0.1, 0.15) is 40.0 Å². The lowest BCUT2D eigenvalue weighted by atomic mass is 9.81. The van der Waals surface area contributed by atoms with Gasteiger partial charge in [0.1, 0.15) is 0 Å². The minimum absolute atomic E-state index is 0.480. The van der Waals surface area contributed by atoms with E-state index in [1.54, 1.807) is 0 Å². The average Bonchev–Trinajstić information content (AvgIpc) is 2.32. The Morgan fingerprint density at radius 3 is 2.72 bits per heavy atom. The lowest BCUT2D eigenvalue weighted by molar-refractivity contribution is 0.00138. The Morgan fingerprint density at radius 2 is 2.00 bits per heavy atom.